The Kier molecular flexibility index (Phi) is 3.46. The Morgan fingerprint density at radius 1 is 1.17 bits per heavy atom. The van der Waals surface area contributed by atoms with E-state index in [4.69, 9.17) is 0 Å². The van der Waals surface area contributed by atoms with Crippen LogP contribution < -0.4 is 0 Å². The molecule has 0 bridgehead atoms. The predicted octanol–water partition coefficient (Wildman–Crippen LogP) is 0.962. The highest BCUT2D eigenvalue weighted by Crippen LogP contribution is 2.12. The first-order valence-electron chi connectivity index (χ1n) is 3.30. The van der Waals surface area contributed by atoms with E-state index in [1.54, 1.807) is 30.7 Å². The van der Waals surface area contributed by atoms with Crippen LogP contribution >= 0.6 is 0 Å². The third-order valence-electron chi connectivity index (χ3n) is 1.40. The van der Waals surface area contributed by atoms with Crippen LogP contribution in [0.1, 0.15) is 0 Å². The second-order valence-corrected chi connectivity index (χ2v) is 5.02. The van der Waals surface area contributed by atoms with Crippen molar-refractivity contribution >= 4 is 22.4 Å². The maximum Gasteiger partial charge on any atom is 0.160 e. The molecule has 12 heavy (non-hydrogen) atoms. The minimum atomic E-state index is -1.00. The lowest BCUT2D eigenvalue weighted by Gasteiger charge is -2.05. The van der Waals surface area contributed by atoms with E-state index in [0.717, 1.165) is 0 Å². The van der Waals surface area contributed by atoms with Gasteiger partial charge in [-0.25, -0.2) is 0 Å². The molecule has 0 aliphatic carbocycles. The van der Waals surface area contributed by atoms with Crippen molar-refractivity contribution in [2.75, 3.05) is 12.5 Å². The van der Waals surface area contributed by atoms with E-state index in [-0.39, 0.29) is 0 Å². The van der Waals surface area contributed by atoms with E-state index >= 15 is 0 Å². The predicted molar refractivity (Wildman–Crippen MR) is 49.9 cm³/mol. The summed E-state index contributed by atoms with van der Waals surface area (Å²) in [6.45, 7) is 0. The minimum Gasteiger partial charge on any atom is -0.612 e. The molecule has 0 aliphatic rings. The van der Waals surface area contributed by atoms with E-state index in [2.05, 4.69) is 6.07 Å². The van der Waals surface area contributed by atoms with Crippen molar-refractivity contribution in [1.82, 2.24) is 0 Å². The molecule has 1 rings (SSSR count). The molecule has 0 fully saturated rings. The summed E-state index contributed by atoms with van der Waals surface area (Å²) < 4.78 is 21.9. The Morgan fingerprint density at radius 2 is 1.83 bits per heavy atom. The molecule has 0 saturated heterocycles. The van der Waals surface area contributed by atoms with E-state index in [9.17, 15) is 9.11 Å². The molecule has 1 radical (unpaired) electrons. The average molecular weight is 201 g/mol. The molecule has 0 aromatic heterocycles. The molecule has 2 nitrogen and oxygen atoms in total. The summed E-state index contributed by atoms with van der Waals surface area (Å²) in [5, 5.41) is 0. The van der Waals surface area contributed by atoms with Gasteiger partial charge < -0.3 is 9.11 Å². The Bertz CT molecular complexity index is 217. The van der Waals surface area contributed by atoms with Crippen molar-refractivity contribution in [1.29, 1.82) is 0 Å². The van der Waals surface area contributed by atoms with Crippen LogP contribution in [-0.2, 0) is 22.4 Å². The van der Waals surface area contributed by atoms with Gasteiger partial charge in [-0.1, -0.05) is 0 Å². The number of hydrogen-bond acceptors (Lipinski definition) is 2. The molecule has 1 aromatic rings. The molecule has 0 heterocycles. The SMILES string of the molecule is C[S+]([O-])c1[c]cc([S+](C)[O-])cc1. The largest absolute Gasteiger partial charge is 0.612 e. The van der Waals surface area contributed by atoms with E-state index in [0.29, 0.717) is 9.79 Å². The Balaban J connectivity index is 2.86. The van der Waals surface area contributed by atoms with Gasteiger partial charge >= 0.3 is 0 Å². The standard InChI is InChI=1S/C8H9O2S2/c1-11(9)7-3-5-8(6-4-7)12(2)10/h3-5H,1-2H3. The summed E-state index contributed by atoms with van der Waals surface area (Å²) in [5.74, 6) is 0. The molecule has 2 unspecified atom stereocenters. The lowest BCUT2D eigenvalue weighted by atomic mass is 10.4. The quantitative estimate of drug-likeness (QED) is 0.669. The third kappa shape index (κ3) is 2.42. The van der Waals surface area contributed by atoms with Crippen molar-refractivity contribution < 1.29 is 9.11 Å². The fourth-order valence-corrected chi connectivity index (χ4v) is 1.72. The number of benzene rings is 1. The van der Waals surface area contributed by atoms with Gasteiger partial charge in [-0.15, -0.1) is 0 Å². The molecule has 0 saturated carbocycles. The Hall–Kier alpha value is -0.160. The van der Waals surface area contributed by atoms with E-state index in [1.807, 2.05) is 0 Å². The van der Waals surface area contributed by atoms with Gasteiger partial charge in [0.25, 0.3) is 0 Å². The molecular weight excluding hydrogens is 192 g/mol. The van der Waals surface area contributed by atoms with E-state index < -0.39 is 22.4 Å². The van der Waals surface area contributed by atoms with Crippen LogP contribution in [0.25, 0.3) is 0 Å². The van der Waals surface area contributed by atoms with Gasteiger partial charge in [0.05, 0.1) is 0 Å². The maximum atomic E-state index is 10.9. The minimum absolute atomic E-state index is 0.643. The van der Waals surface area contributed by atoms with Crippen molar-refractivity contribution in [3.63, 3.8) is 0 Å². The van der Waals surface area contributed by atoms with E-state index in [1.165, 1.54) is 0 Å². The highest BCUT2D eigenvalue weighted by molar-refractivity contribution is 7.91. The van der Waals surface area contributed by atoms with Crippen LogP contribution in [0.2, 0.25) is 0 Å². The van der Waals surface area contributed by atoms with Gasteiger partial charge in [0.1, 0.15) is 12.5 Å². The van der Waals surface area contributed by atoms with Crippen LogP contribution in [0.4, 0.5) is 0 Å². The second-order valence-electron chi connectivity index (χ2n) is 2.30. The monoisotopic (exact) mass is 201 g/mol. The molecule has 0 N–H and O–H groups in total. The summed E-state index contributed by atoms with van der Waals surface area (Å²) in [6, 6.07) is 7.84. The highest BCUT2D eigenvalue weighted by Gasteiger charge is 2.07. The summed E-state index contributed by atoms with van der Waals surface area (Å²) in [5.41, 5.74) is 0. The van der Waals surface area contributed by atoms with Gasteiger partial charge in [0, 0.05) is 12.1 Å². The molecular formula is C8H9O2S2. The Labute approximate surface area is 78.4 Å². The third-order valence-corrected chi connectivity index (χ3v) is 3.19. The van der Waals surface area contributed by atoms with Gasteiger partial charge in [0.15, 0.2) is 9.79 Å². The number of rotatable bonds is 2. The molecule has 2 atom stereocenters. The first kappa shape index (κ1) is 9.92. The van der Waals surface area contributed by atoms with Crippen LogP contribution in [0.5, 0.6) is 0 Å². The van der Waals surface area contributed by atoms with Crippen LogP contribution in [0, 0.1) is 6.07 Å². The zero-order valence-electron chi connectivity index (χ0n) is 6.87. The van der Waals surface area contributed by atoms with Gasteiger partial charge in [-0.05, 0) is 34.5 Å². The summed E-state index contributed by atoms with van der Waals surface area (Å²) >= 11 is -1.99. The molecule has 65 valence electrons. The zero-order valence-corrected chi connectivity index (χ0v) is 8.50. The first-order chi connectivity index (χ1) is 5.61. The van der Waals surface area contributed by atoms with Gasteiger partial charge in [-0.3, -0.25) is 0 Å². The lowest BCUT2D eigenvalue weighted by Crippen LogP contribution is -2.00. The van der Waals surface area contributed by atoms with Crippen LogP contribution in [-0.4, -0.2) is 21.6 Å². The van der Waals surface area contributed by atoms with Gasteiger partial charge in [0.2, 0.25) is 0 Å². The van der Waals surface area contributed by atoms with Crippen LogP contribution in [0.15, 0.2) is 28.0 Å². The number of hydrogen-bond donors (Lipinski definition) is 0. The maximum absolute atomic E-state index is 10.9. The van der Waals surface area contributed by atoms with Gasteiger partial charge in [-0.2, -0.15) is 0 Å². The fourth-order valence-electron chi connectivity index (χ4n) is 0.754. The lowest BCUT2D eigenvalue weighted by molar-refractivity contribution is 0.598. The van der Waals surface area contributed by atoms with Crippen molar-refractivity contribution in [2.24, 2.45) is 0 Å². The van der Waals surface area contributed by atoms with Crippen molar-refractivity contribution in [3.8, 4) is 0 Å². The molecule has 0 aliphatic heterocycles. The van der Waals surface area contributed by atoms with Crippen molar-refractivity contribution in [3.05, 3.63) is 24.3 Å². The normalized spacial score (nSPS) is 15.7. The summed E-state index contributed by atoms with van der Waals surface area (Å²) in [7, 11) is 0. The average Bonchev–Trinajstić information content (AvgIpc) is 2.04. The molecule has 1 aromatic carbocycles. The van der Waals surface area contributed by atoms with Crippen molar-refractivity contribution in [2.45, 2.75) is 9.79 Å². The first-order valence-corrected chi connectivity index (χ1v) is 6.41. The highest BCUT2D eigenvalue weighted by atomic mass is 32.2. The smallest absolute Gasteiger partial charge is 0.160 e. The molecule has 4 heteroatoms. The zero-order chi connectivity index (χ0) is 9.14. The van der Waals surface area contributed by atoms with Crippen LogP contribution in [0.3, 0.4) is 0 Å². The topological polar surface area (TPSA) is 46.1 Å². The summed E-state index contributed by atoms with van der Waals surface area (Å²) in [4.78, 5) is 1.36. The molecule has 0 spiro atoms. The Morgan fingerprint density at radius 3 is 2.17 bits per heavy atom. The molecule has 0 amide bonds. The fraction of sp³-hybridized carbons (Fsp3) is 0.250. The second kappa shape index (κ2) is 4.18. The summed E-state index contributed by atoms with van der Waals surface area (Å²) in [6.07, 6.45) is 3.19.